The molecule has 0 heterocycles. The molecular formula is C12H23NO2. The summed E-state index contributed by atoms with van der Waals surface area (Å²) in [5.41, 5.74) is -0.600. The largest absolute Gasteiger partial charge is 0.481 e. The Morgan fingerprint density at radius 3 is 2.60 bits per heavy atom. The van der Waals surface area contributed by atoms with Crippen molar-refractivity contribution < 1.29 is 9.90 Å². The fourth-order valence-corrected chi connectivity index (χ4v) is 2.09. The molecule has 3 nitrogen and oxygen atoms in total. The van der Waals surface area contributed by atoms with Gasteiger partial charge in [-0.05, 0) is 52.0 Å². The van der Waals surface area contributed by atoms with E-state index in [0.717, 1.165) is 12.5 Å². The molecule has 2 unspecified atom stereocenters. The number of rotatable bonds is 5. The van der Waals surface area contributed by atoms with Crippen molar-refractivity contribution in [1.29, 1.82) is 0 Å². The average molecular weight is 213 g/mol. The molecule has 1 fully saturated rings. The summed E-state index contributed by atoms with van der Waals surface area (Å²) in [6.45, 7) is 6.67. The van der Waals surface area contributed by atoms with Gasteiger partial charge in [0.2, 0.25) is 0 Å². The molecule has 1 rings (SSSR count). The van der Waals surface area contributed by atoms with Crippen LogP contribution in [0.3, 0.4) is 0 Å². The number of nitrogens with one attached hydrogen (secondary N) is 1. The summed E-state index contributed by atoms with van der Waals surface area (Å²) in [5.74, 6) is 0.124. The van der Waals surface area contributed by atoms with Crippen LogP contribution in [-0.4, -0.2) is 23.7 Å². The number of carboxylic acid groups (broad SMARTS) is 1. The molecule has 0 aromatic carbocycles. The topological polar surface area (TPSA) is 49.3 Å². The molecule has 0 saturated heterocycles. The molecule has 15 heavy (non-hydrogen) atoms. The predicted molar refractivity (Wildman–Crippen MR) is 60.8 cm³/mol. The smallest absolute Gasteiger partial charge is 0.309 e. The van der Waals surface area contributed by atoms with Crippen molar-refractivity contribution in [2.24, 2.45) is 11.3 Å². The second kappa shape index (κ2) is 4.97. The van der Waals surface area contributed by atoms with Crippen molar-refractivity contribution in [2.45, 2.75) is 52.5 Å². The van der Waals surface area contributed by atoms with Crippen LogP contribution >= 0.6 is 0 Å². The molecule has 0 aliphatic heterocycles. The molecule has 0 aromatic heterocycles. The molecule has 1 aliphatic rings. The fourth-order valence-electron chi connectivity index (χ4n) is 2.09. The van der Waals surface area contributed by atoms with Crippen LogP contribution in [-0.2, 0) is 4.79 Å². The van der Waals surface area contributed by atoms with E-state index in [9.17, 15) is 4.79 Å². The minimum absolute atomic E-state index is 0.600. The molecule has 0 spiro atoms. The van der Waals surface area contributed by atoms with E-state index in [2.05, 4.69) is 12.2 Å². The van der Waals surface area contributed by atoms with E-state index in [1.54, 1.807) is 13.8 Å². The first-order valence-electron chi connectivity index (χ1n) is 5.88. The zero-order valence-electron chi connectivity index (χ0n) is 10.0. The van der Waals surface area contributed by atoms with Crippen LogP contribution < -0.4 is 5.32 Å². The van der Waals surface area contributed by atoms with Gasteiger partial charge < -0.3 is 10.4 Å². The highest BCUT2D eigenvalue weighted by molar-refractivity contribution is 5.73. The summed E-state index contributed by atoms with van der Waals surface area (Å²) in [6.07, 6.45) is 4.50. The maximum absolute atomic E-state index is 10.9. The van der Waals surface area contributed by atoms with E-state index in [-0.39, 0.29) is 0 Å². The third kappa shape index (κ3) is 3.82. The molecule has 88 valence electrons. The van der Waals surface area contributed by atoms with Gasteiger partial charge in [0.15, 0.2) is 0 Å². The van der Waals surface area contributed by atoms with Gasteiger partial charge in [-0.3, -0.25) is 4.79 Å². The normalized spacial score (nSPS) is 26.9. The lowest BCUT2D eigenvalue weighted by atomic mass is 9.89. The Bertz CT molecular complexity index is 226. The first-order chi connectivity index (χ1) is 6.92. The van der Waals surface area contributed by atoms with Gasteiger partial charge in [-0.2, -0.15) is 0 Å². The predicted octanol–water partition coefficient (Wildman–Crippen LogP) is 2.27. The molecule has 2 N–H and O–H groups in total. The molecule has 3 heteroatoms. The minimum atomic E-state index is -0.705. The summed E-state index contributed by atoms with van der Waals surface area (Å²) in [4.78, 5) is 10.9. The van der Waals surface area contributed by atoms with Crippen LogP contribution in [0.5, 0.6) is 0 Å². The number of hydrogen-bond acceptors (Lipinski definition) is 2. The van der Waals surface area contributed by atoms with Crippen LogP contribution in [0.25, 0.3) is 0 Å². The second-order valence-corrected chi connectivity index (χ2v) is 5.51. The highest BCUT2D eigenvalue weighted by Gasteiger charge is 2.27. The molecule has 0 bridgehead atoms. The highest BCUT2D eigenvalue weighted by atomic mass is 16.4. The third-order valence-corrected chi connectivity index (χ3v) is 3.46. The monoisotopic (exact) mass is 213 g/mol. The van der Waals surface area contributed by atoms with Crippen LogP contribution in [0.4, 0.5) is 0 Å². The van der Waals surface area contributed by atoms with Gasteiger partial charge in [0.05, 0.1) is 5.41 Å². The van der Waals surface area contributed by atoms with E-state index in [4.69, 9.17) is 5.11 Å². The molecule has 1 aliphatic carbocycles. The summed E-state index contributed by atoms with van der Waals surface area (Å²) >= 11 is 0. The van der Waals surface area contributed by atoms with E-state index in [0.29, 0.717) is 12.5 Å². The Morgan fingerprint density at radius 2 is 2.13 bits per heavy atom. The van der Waals surface area contributed by atoms with Gasteiger partial charge >= 0.3 is 5.97 Å². The second-order valence-electron chi connectivity index (χ2n) is 5.51. The van der Waals surface area contributed by atoms with Gasteiger partial charge in [0.1, 0.15) is 0 Å². The van der Waals surface area contributed by atoms with Crippen molar-refractivity contribution in [3.8, 4) is 0 Å². The Morgan fingerprint density at radius 1 is 1.47 bits per heavy atom. The van der Waals surface area contributed by atoms with Crippen molar-refractivity contribution in [2.75, 3.05) is 6.54 Å². The highest BCUT2D eigenvalue weighted by Crippen LogP contribution is 2.25. The number of aliphatic carboxylic acids is 1. The SMILES string of the molecule is CC1CCC(NCCC(C)(C)C(=O)O)C1. The van der Waals surface area contributed by atoms with Gasteiger partial charge in [-0.15, -0.1) is 0 Å². The molecule has 2 atom stereocenters. The van der Waals surface area contributed by atoms with Crippen LogP contribution in [0.15, 0.2) is 0 Å². The quantitative estimate of drug-likeness (QED) is 0.736. The Labute approximate surface area is 92.3 Å². The lowest BCUT2D eigenvalue weighted by molar-refractivity contribution is -0.147. The molecule has 1 saturated carbocycles. The van der Waals surface area contributed by atoms with E-state index in [1.807, 2.05) is 0 Å². The third-order valence-electron chi connectivity index (χ3n) is 3.46. The zero-order valence-corrected chi connectivity index (χ0v) is 10.0. The first kappa shape index (κ1) is 12.5. The zero-order chi connectivity index (χ0) is 11.5. The van der Waals surface area contributed by atoms with Gasteiger partial charge in [-0.1, -0.05) is 6.92 Å². The average Bonchev–Trinajstić information content (AvgIpc) is 2.51. The summed E-state index contributed by atoms with van der Waals surface area (Å²) in [7, 11) is 0. The number of carbonyl (C=O) groups is 1. The molecule has 0 amide bonds. The van der Waals surface area contributed by atoms with E-state index in [1.165, 1.54) is 19.3 Å². The van der Waals surface area contributed by atoms with Gasteiger partial charge in [0.25, 0.3) is 0 Å². The standard InChI is InChI=1S/C12H23NO2/c1-9-4-5-10(8-9)13-7-6-12(2,3)11(14)15/h9-10,13H,4-8H2,1-3H3,(H,14,15). The molecular weight excluding hydrogens is 190 g/mol. The first-order valence-corrected chi connectivity index (χ1v) is 5.88. The Hall–Kier alpha value is -0.570. The van der Waals surface area contributed by atoms with Crippen molar-refractivity contribution in [3.63, 3.8) is 0 Å². The Kier molecular flexibility index (Phi) is 4.14. The molecule has 0 aromatic rings. The lowest BCUT2D eigenvalue weighted by Crippen LogP contribution is -2.33. The molecule has 0 radical (unpaired) electrons. The van der Waals surface area contributed by atoms with Crippen LogP contribution in [0.2, 0.25) is 0 Å². The lowest BCUT2D eigenvalue weighted by Gasteiger charge is -2.20. The van der Waals surface area contributed by atoms with Crippen molar-refractivity contribution in [1.82, 2.24) is 5.32 Å². The maximum atomic E-state index is 10.9. The number of carboxylic acids is 1. The van der Waals surface area contributed by atoms with Gasteiger partial charge in [-0.25, -0.2) is 0 Å². The maximum Gasteiger partial charge on any atom is 0.309 e. The van der Waals surface area contributed by atoms with Crippen LogP contribution in [0.1, 0.15) is 46.5 Å². The minimum Gasteiger partial charge on any atom is -0.481 e. The summed E-state index contributed by atoms with van der Waals surface area (Å²) in [5, 5.41) is 12.4. The van der Waals surface area contributed by atoms with Crippen molar-refractivity contribution >= 4 is 5.97 Å². The summed E-state index contributed by atoms with van der Waals surface area (Å²) < 4.78 is 0. The summed E-state index contributed by atoms with van der Waals surface area (Å²) in [6, 6.07) is 0.615. The number of hydrogen-bond donors (Lipinski definition) is 2. The van der Waals surface area contributed by atoms with Gasteiger partial charge in [0, 0.05) is 6.04 Å². The Balaban J connectivity index is 2.19. The van der Waals surface area contributed by atoms with Crippen LogP contribution in [0, 0.1) is 11.3 Å². The fraction of sp³-hybridized carbons (Fsp3) is 0.917. The van der Waals surface area contributed by atoms with E-state index < -0.39 is 11.4 Å². The van der Waals surface area contributed by atoms with E-state index >= 15 is 0 Å². The van der Waals surface area contributed by atoms with Crippen molar-refractivity contribution in [3.05, 3.63) is 0 Å².